The van der Waals surface area contributed by atoms with E-state index in [2.05, 4.69) is 5.10 Å². The van der Waals surface area contributed by atoms with Gasteiger partial charge in [0.15, 0.2) is 11.5 Å². The van der Waals surface area contributed by atoms with Gasteiger partial charge in [-0.05, 0) is 30.7 Å². The van der Waals surface area contributed by atoms with Gasteiger partial charge in [0.05, 0.1) is 5.56 Å². The van der Waals surface area contributed by atoms with Crippen LogP contribution in [0, 0.1) is 6.92 Å². The van der Waals surface area contributed by atoms with Gasteiger partial charge in [-0.25, -0.2) is 0 Å². The first kappa shape index (κ1) is 20.1. The number of hydrazone groups is 1. The summed E-state index contributed by atoms with van der Waals surface area (Å²) >= 11 is 0. The van der Waals surface area contributed by atoms with E-state index in [1.165, 1.54) is 26.8 Å². The van der Waals surface area contributed by atoms with Crippen LogP contribution in [0.3, 0.4) is 0 Å². The van der Waals surface area contributed by atoms with Gasteiger partial charge in [-0.15, -0.1) is 5.10 Å². The molecule has 150 valence electrons. The molecule has 3 rings (SSSR count). The minimum absolute atomic E-state index is 0.00677. The number of rotatable bonds is 4. The summed E-state index contributed by atoms with van der Waals surface area (Å²) in [5, 5.41) is 5.47. The third kappa shape index (κ3) is 4.26. The van der Waals surface area contributed by atoms with Gasteiger partial charge in [0.1, 0.15) is 0 Å². The summed E-state index contributed by atoms with van der Waals surface area (Å²) in [4.78, 5) is 35.3. The highest BCUT2D eigenvalue weighted by molar-refractivity contribution is 5.97. The van der Waals surface area contributed by atoms with Gasteiger partial charge < -0.3 is 14.2 Å². The van der Waals surface area contributed by atoms with Gasteiger partial charge in [0.25, 0.3) is 0 Å². The summed E-state index contributed by atoms with van der Waals surface area (Å²) in [7, 11) is 0. The molecule has 1 heterocycles. The number of ether oxygens (including phenoxy) is 3. The molecule has 0 bridgehead atoms. The zero-order chi connectivity index (χ0) is 21.1. The SMILES string of the molecule is CC(=O)Oc1cccc([C@@H]2OC(c3ccccc3C)=NN2C(C)=O)c1OC(C)=O. The highest BCUT2D eigenvalue weighted by Crippen LogP contribution is 2.41. The minimum Gasteiger partial charge on any atom is -0.446 e. The summed E-state index contributed by atoms with van der Waals surface area (Å²) in [6.45, 7) is 5.71. The second-order valence-electron chi connectivity index (χ2n) is 6.42. The predicted octanol–water partition coefficient (Wildman–Crippen LogP) is 3.08. The van der Waals surface area contributed by atoms with E-state index in [9.17, 15) is 14.4 Å². The lowest BCUT2D eigenvalue weighted by atomic mass is 10.1. The molecular weight excluding hydrogens is 376 g/mol. The number of carbonyl (C=O) groups is 3. The maximum absolute atomic E-state index is 12.2. The highest BCUT2D eigenvalue weighted by Gasteiger charge is 2.36. The van der Waals surface area contributed by atoms with Crippen molar-refractivity contribution in [1.82, 2.24) is 5.01 Å². The van der Waals surface area contributed by atoms with E-state index in [1.54, 1.807) is 12.1 Å². The van der Waals surface area contributed by atoms with Gasteiger partial charge in [0.2, 0.25) is 18.0 Å². The highest BCUT2D eigenvalue weighted by atomic mass is 16.6. The van der Waals surface area contributed by atoms with Crippen LogP contribution in [-0.4, -0.2) is 28.8 Å². The van der Waals surface area contributed by atoms with Gasteiger partial charge in [-0.1, -0.05) is 24.3 Å². The normalized spacial score (nSPS) is 15.4. The molecule has 1 aliphatic rings. The van der Waals surface area contributed by atoms with Crippen molar-refractivity contribution < 1.29 is 28.6 Å². The van der Waals surface area contributed by atoms with Crippen molar-refractivity contribution in [3.63, 3.8) is 0 Å². The number of hydrogen-bond donors (Lipinski definition) is 0. The largest absolute Gasteiger partial charge is 0.446 e. The van der Waals surface area contributed by atoms with E-state index < -0.39 is 18.2 Å². The van der Waals surface area contributed by atoms with E-state index in [0.29, 0.717) is 5.56 Å². The Morgan fingerprint density at radius 1 is 0.966 bits per heavy atom. The van der Waals surface area contributed by atoms with E-state index in [4.69, 9.17) is 14.2 Å². The molecule has 1 atom stereocenters. The lowest BCUT2D eigenvalue weighted by molar-refractivity contribution is -0.136. The van der Waals surface area contributed by atoms with Crippen molar-refractivity contribution in [3.8, 4) is 11.5 Å². The number of amides is 1. The fourth-order valence-electron chi connectivity index (χ4n) is 2.91. The van der Waals surface area contributed by atoms with Crippen LogP contribution in [0.2, 0.25) is 0 Å². The maximum atomic E-state index is 12.2. The first-order chi connectivity index (χ1) is 13.8. The smallest absolute Gasteiger partial charge is 0.308 e. The Kier molecular flexibility index (Phi) is 5.63. The zero-order valence-electron chi connectivity index (χ0n) is 16.5. The van der Waals surface area contributed by atoms with Crippen LogP contribution in [-0.2, 0) is 19.1 Å². The van der Waals surface area contributed by atoms with Crippen LogP contribution >= 0.6 is 0 Å². The molecule has 1 aliphatic heterocycles. The lowest BCUT2D eigenvalue weighted by Gasteiger charge is -2.22. The number of benzene rings is 2. The molecule has 0 saturated carbocycles. The van der Waals surface area contributed by atoms with Crippen molar-refractivity contribution in [2.45, 2.75) is 33.9 Å². The Morgan fingerprint density at radius 2 is 1.66 bits per heavy atom. The Morgan fingerprint density at radius 3 is 2.28 bits per heavy atom. The van der Waals surface area contributed by atoms with Crippen LogP contribution in [0.1, 0.15) is 43.7 Å². The molecule has 29 heavy (non-hydrogen) atoms. The summed E-state index contributed by atoms with van der Waals surface area (Å²) < 4.78 is 16.5. The Balaban J connectivity index is 2.07. The zero-order valence-corrected chi connectivity index (χ0v) is 16.5. The van der Waals surface area contributed by atoms with Crippen LogP contribution in [0.4, 0.5) is 0 Å². The number of esters is 2. The Hall–Kier alpha value is -3.68. The van der Waals surface area contributed by atoms with Crippen molar-refractivity contribution in [2.24, 2.45) is 5.10 Å². The van der Waals surface area contributed by atoms with Gasteiger partial charge in [-0.3, -0.25) is 14.4 Å². The summed E-state index contributed by atoms with van der Waals surface area (Å²) in [6.07, 6.45) is -0.994. The molecule has 0 fully saturated rings. The third-order valence-corrected chi connectivity index (χ3v) is 4.12. The number of nitrogens with zero attached hydrogens (tertiary/aromatic N) is 2. The van der Waals surface area contributed by atoms with Crippen molar-refractivity contribution >= 4 is 23.7 Å². The average molecular weight is 396 g/mol. The Bertz CT molecular complexity index is 1010. The number of carbonyl (C=O) groups excluding carboxylic acids is 3. The molecule has 0 aliphatic carbocycles. The lowest BCUT2D eigenvalue weighted by Crippen LogP contribution is -2.26. The van der Waals surface area contributed by atoms with Crippen LogP contribution in [0.15, 0.2) is 47.6 Å². The van der Waals surface area contributed by atoms with E-state index in [1.807, 2.05) is 31.2 Å². The molecule has 8 heteroatoms. The standard InChI is InChI=1S/C21H20N2O6/c1-12-8-5-6-9-16(12)20-22-23(13(2)24)21(29-20)17-10-7-11-18(27-14(3)25)19(17)28-15(4)26/h5-11,21H,1-4H3/t21-/m0/s1. The molecule has 0 spiro atoms. The molecule has 0 radical (unpaired) electrons. The van der Waals surface area contributed by atoms with E-state index in [0.717, 1.165) is 16.1 Å². The number of hydrogen-bond acceptors (Lipinski definition) is 7. The first-order valence-corrected chi connectivity index (χ1v) is 8.88. The van der Waals surface area contributed by atoms with Gasteiger partial charge in [-0.2, -0.15) is 5.01 Å². The summed E-state index contributed by atoms with van der Waals surface area (Å²) in [5.74, 6) is -1.27. The maximum Gasteiger partial charge on any atom is 0.308 e. The van der Waals surface area contributed by atoms with Gasteiger partial charge in [0, 0.05) is 26.3 Å². The van der Waals surface area contributed by atoms with Gasteiger partial charge >= 0.3 is 11.9 Å². The fourth-order valence-corrected chi connectivity index (χ4v) is 2.91. The number of aryl methyl sites for hydroxylation is 1. The molecule has 0 N–H and O–H groups in total. The summed E-state index contributed by atoms with van der Waals surface area (Å²) in [5.41, 5.74) is 1.97. The second kappa shape index (κ2) is 8.14. The van der Waals surface area contributed by atoms with Crippen LogP contribution in [0.25, 0.3) is 0 Å². The minimum atomic E-state index is -0.994. The molecule has 2 aromatic rings. The summed E-state index contributed by atoms with van der Waals surface area (Å²) in [6, 6.07) is 12.2. The molecule has 0 aromatic heterocycles. The topological polar surface area (TPSA) is 94.5 Å². The monoisotopic (exact) mass is 396 g/mol. The molecule has 0 saturated heterocycles. The number of para-hydroxylation sites is 1. The van der Waals surface area contributed by atoms with Crippen LogP contribution in [0.5, 0.6) is 11.5 Å². The quantitative estimate of drug-likeness (QED) is 0.582. The predicted molar refractivity (Wildman–Crippen MR) is 103 cm³/mol. The van der Waals surface area contributed by atoms with E-state index >= 15 is 0 Å². The molecule has 8 nitrogen and oxygen atoms in total. The molecule has 2 aromatic carbocycles. The first-order valence-electron chi connectivity index (χ1n) is 8.88. The van der Waals surface area contributed by atoms with Crippen molar-refractivity contribution in [1.29, 1.82) is 0 Å². The van der Waals surface area contributed by atoms with Crippen LogP contribution < -0.4 is 9.47 Å². The van der Waals surface area contributed by atoms with Crippen molar-refractivity contribution in [2.75, 3.05) is 0 Å². The van der Waals surface area contributed by atoms with E-state index in [-0.39, 0.29) is 23.3 Å². The Labute approximate surface area is 167 Å². The fraction of sp³-hybridized carbons (Fsp3) is 0.238. The average Bonchev–Trinajstić information content (AvgIpc) is 3.08. The molecule has 0 unspecified atom stereocenters. The second-order valence-corrected chi connectivity index (χ2v) is 6.42. The van der Waals surface area contributed by atoms with Crippen molar-refractivity contribution in [3.05, 3.63) is 59.2 Å². The molecular formula is C21H20N2O6. The molecule has 1 amide bonds. The third-order valence-electron chi connectivity index (χ3n) is 4.12.